The van der Waals surface area contributed by atoms with Crippen LogP contribution in [0.1, 0.15) is 46.1 Å². The molecule has 0 aliphatic heterocycles. The molecule has 1 aromatic rings. The van der Waals surface area contributed by atoms with Crippen molar-refractivity contribution >= 4 is 5.91 Å². The highest BCUT2D eigenvalue weighted by molar-refractivity contribution is 5.82. The average molecular weight is 306 g/mol. The Labute approximate surface area is 134 Å². The first kappa shape index (κ1) is 18.5. The molecule has 1 aromatic carbocycles. The third-order valence-electron chi connectivity index (χ3n) is 4.21. The SMILES string of the molecule is CCC(CC)(CN)C(=O)NCc1ccccc1OCC(C)C. The fourth-order valence-electron chi connectivity index (χ4n) is 2.36. The zero-order chi connectivity index (χ0) is 16.6. The average Bonchev–Trinajstić information content (AvgIpc) is 2.53. The molecule has 124 valence electrons. The lowest BCUT2D eigenvalue weighted by molar-refractivity contribution is -0.131. The number of para-hydroxylation sites is 1. The lowest BCUT2D eigenvalue weighted by Crippen LogP contribution is -2.45. The van der Waals surface area contributed by atoms with E-state index in [1.54, 1.807) is 0 Å². The molecule has 0 unspecified atom stereocenters. The van der Waals surface area contributed by atoms with Crippen molar-refractivity contribution < 1.29 is 9.53 Å². The van der Waals surface area contributed by atoms with Crippen molar-refractivity contribution in [3.05, 3.63) is 29.8 Å². The Morgan fingerprint density at radius 1 is 1.27 bits per heavy atom. The van der Waals surface area contributed by atoms with Gasteiger partial charge >= 0.3 is 0 Å². The second-order valence-electron chi connectivity index (χ2n) is 6.19. The largest absolute Gasteiger partial charge is 0.493 e. The predicted octanol–water partition coefficient (Wildman–Crippen LogP) is 3.10. The molecule has 3 N–H and O–H groups in total. The first-order valence-electron chi connectivity index (χ1n) is 8.18. The van der Waals surface area contributed by atoms with Gasteiger partial charge in [0.15, 0.2) is 0 Å². The van der Waals surface area contributed by atoms with E-state index >= 15 is 0 Å². The van der Waals surface area contributed by atoms with Crippen LogP contribution in [0.4, 0.5) is 0 Å². The molecule has 0 saturated carbocycles. The fraction of sp³-hybridized carbons (Fsp3) is 0.611. The van der Waals surface area contributed by atoms with Crippen molar-refractivity contribution in [1.29, 1.82) is 0 Å². The number of benzene rings is 1. The molecule has 1 amide bonds. The van der Waals surface area contributed by atoms with Gasteiger partial charge in [-0.3, -0.25) is 4.79 Å². The van der Waals surface area contributed by atoms with Crippen molar-refractivity contribution in [3.63, 3.8) is 0 Å². The van der Waals surface area contributed by atoms with Crippen molar-refractivity contribution in [3.8, 4) is 5.75 Å². The monoisotopic (exact) mass is 306 g/mol. The number of amides is 1. The van der Waals surface area contributed by atoms with Gasteiger partial charge in [0.2, 0.25) is 5.91 Å². The Kier molecular flexibility index (Phi) is 7.39. The highest BCUT2D eigenvalue weighted by Crippen LogP contribution is 2.26. The summed E-state index contributed by atoms with van der Waals surface area (Å²) in [5.74, 6) is 1.33. The van der Waals surface area contributed by atoms with Crippen LogP contribution in [0.2, 0.25) is 0 Å². The van der Waals surface area contributed by atoms with Crippen LogP contribution in [0.3, 0.4) is 0 Å². The highest BCUT2D eigenvalue weighted by atomic mass is 16.5. The van der Waals surface area contributed by atoms with Gasteiger partial charge in [-0.15, -0.1) is 0 Å². The maximum absolute atomic E-state index is 12.5. The van der Waals surface area contributed by atoms with Crippen LogP contribution in [-0.4, -0.2) is 19.1 Å². The smallest absolute Gasteiger partial charge is 0.227 e. The van der Waals surface area contributed by atoms with Crippen molar-refractivity contribution in [2.75, 3.05) is 13.2 Å². The molecule has 0 spiro atoms. The normalized spacial score (nSPS) is 11.5. The molecule has 0 bridgehead atoms. The Hall–Kier alpha value is -1.55. The molecule has 0 fully saturated rings. The van der Waals surface area contributed by atoms with Gasteiger partial charge in [0.1, 0.15) is 5.75 Å². The maximum atomic E-state index is 12.5. The van der Waals surface area contributed by atoms with Gasteiger partial charge < -0.3 is 15.8 Å². The summed E-state index contributed by atoms with van der Waals surface area (Å²) in [6.07, 6.45) is 1.49. The van der Waals surface area contributed by atoms with Gasteiger partial charge in [-0.1, -0.05) is 45.9 Å². The summed E-state index contributed by atoms with van der Waals surface area (Å²) < 4.78 is 5.82. The molecule has 22 heavy (non-hydrogen) atoms. The topological polar surface area (TPSA) is 64.4 Å². The van der Waals surface area contributed by atoms with E-state index in [-0.39, 0.29) is 5.91 Å². The predicted molar refractivity (Wildman–Crippen MR) is 90.7 cm³/mol. The molecule has 0 aromatic heterocycles. The number of hydrogen-bond acceptors (Lipinski definition) is 3. The summed E-state index contributed by atoms with van der Waals surface area (Å²) >= 11 is 0. The quantitative estimate of drug-likeness (QED) is 0.737. The highest BCUT2D eigenvalue weighted by Gasteiger charge is 2.33. The van der Waals surface area contributed by atoms with Crippen molar-refractivity contribution in [2.24, 2.45) is 17.1 Å². The molecule has 0 saturated heterocycles. The summed E-state index contributed by atoms with van der Waals surface area (Å²) in [6, 6.07) is 7.83. The number of nitrogens with one attached hydrogen (secondary N) is 1. The van der Waals surface area contributed by atoms with Crippen LogP contribution in [0.25, 0.3) is 0 Å². The third kappa shape index (κ3) is 4.73. The van der Waals surface area contributed by atoms with Crippen LogP contribution >= 0.6 is 0 Å². The number of carbonyl (C=O) groups excluding carboxylic acids is 1. The molecule has 0 radical (unpaired) electrons. The fourth-order valence-corrected chi connectivity index (χ4v) is 2.36. The number of hydrogen-bond donors (Lipinski definition) is 2. The van der Waals surface area contributed by atoms with Gasteiger partial charge in [-0.05, 0) is 24.8 Å². The summed E-state index contributed by atoms with van der Waals surface area (Å²) in [5, 5.41) is 3.02. The molecular weight excluding hydrogens is 276 g/mol. The molecule has 0 atom stereocenters. The van der Waals surface area contributed by atoms with E-state index in [1.807, 2.05) is 38.1 Å². The molecular formula is C18H30N2O2. The van der Waals surface area contributed by atoms with Crippen LogP contribution in [0.15, 0.2) is 24.3 Å². The van der Waals surface area contributed by atoms with E-state index in [2.05, 4.69) is 19.2 Å². The first-order chi connectivity index (χ1) is 10.5. The Balaban J connectivity index is 2.73. The molecule has 0 heterocycles. The Bertz CT molecular complexity index is 460. The number of ether oxygens (including phenoxy) is 1. The Morgan fingerprint density at radius 2 is 1.91 bits per heavy atom. The molecule has 1 rings (SSSR count). The van der Waals surface area contributed by atoms with Gasteiger partial charge in [-0.25, -0.2) is 0 Å². The van der Waals surface area contributed by atoms with Crippen molar-refractivity contribution in [1.82, 2.24) is 5.32 Å². The molecule has 4 heteroatoms. The lowest BCUT2D eigenvalue weighted by Gasteiger charge is -2.28. The van der Waals surface area contributed by atoms with E-state index in [9.17, 15) is 4.79 Å². The van der Waals surface area contributed by atoms with Crippen LogP contribution < -0.4 is 15.8 Å². The standard InChI is InChI=1S/C18H30N2O2/c1-5-18(6-2,13-19)17(21)20-11-15-9-7-8-10-16(15)22-12-14(3)4/h7-10,14H,5-6,11-13,19H2,1-4H3,(H,20,21). The molecule has 4 nitrogen and oxygen atoms in total. The summed E-state index contributed by atoms with van der Waals surface area (Å²) in [5.41, 5.74) is 6.35. The lowest BCUT2D eigenvalue weighted by atomic mass is 9.81. The second-order valence-corrected chi connectivity index (χ2v) is 6.19. The van der Waals surface area contributed by atoms with Crippen LogP contribution in [0, 0.1) is 11.3 Å². The van der Waals surface area contributed by atoms with E-state index < -0.39 is 5.41 Å². The minimum absolute atomic E-state index is 0.0265. The van der Waals surface area contributed by atoms with E-state index in [1.165, 1.54) is 0 Å². The van der Waals surface area contributed by atoms with Crippen LogP contribution in [0.5, 0.6) is 5.75 Å². The number of carbonyl (C=O) groups is 1. The second kappa shape index (κ2) is 8.79. The first-order valence-corrected chi connectivity index (χ1v) is 8.18. The number of rotatable bonds is 9. The summed E-state index contributed by atoms with van der Waals surface area (Å²) in [7, 11) is 0. The minimum Gasteiger partial charge on any atom is -0.493 e. The van der Waals surface area contributed by atoms with Gasteiger partial charge in [0, 0.05) is 18.7 Å². The van der Waals surface area contributed by atoms with E-state index in [4.69, 9.17) is 10.5 Å². The zero-order valence-corrected chi connectivity index (χ0v) is 14.3. The van der Waals surface area contributed by atoms with Gasteiger partial charge in [0.25, 0.3) is 0 Å². The molecule has 0 aliphatic rings. The Morgan fingerprint density at radius 3 is 2.45 bits per heavy atom. The third-order valence-corrected chi connectivity index (χ3v) is 4.21. The minimum atomic E-state index is -0.465. The zero-order valence-electron chi connectivity index (χ0n) is 14.3. The van der Waals surface area contributed by atoms with Crippen molar-refractivity contribution in [2.45, 2.75) is 47.1 Å². The van der Waals surface area contributed by atoms with E-state index in [0.717, 1.165) is 24.2 Å². The van der Waals surface area contributed by atoms with Gasteiger partial charge in [-0.2, -0.15) is 0 Å². The maximum Gasteiger partial charge on any atom is 0.227 e. The molecule has 0 aliphatic carbocycles. The summed E-state index contributed by atoms with van der Waals surface area (Å²) in [6.45, 7) is 9.75. The number of nitrogens with two attached hydrogens (primary N) is 1. The van der Waals surface area contributed by atoms with E-state index in [0.29, 0.717) is 25.6 Å². The van der Waals surface area contributed by atoms with Crippen LogP contribution in [-0.2, 0) is 11.3 Å². The summed E-state index contributed by atoms with van der Waals surface area (Å²) in [4.78, 5) is 12.5. The van der Waals surface area contributed by atoms with Gasteiger partial charge in [0.05, 0.1) is 12.0 Å².